The molecule has 29 heavy (non-hydrogen) atoms. The number of hydrogen-bond acceptors (Lipinski definition) is 3. The molecule has 0 aromatic heterocycles. The van der Waals surface area contributed by atoms with E-state index in [2.05, 4.69) is 108 Å². The molecule has 6 rings (SSSR count). The lowest BCUT2D eigenvalue weighted by molar-refractivity contribution is 0.813. The van der Waals surface area contributed by atoms with Gasteiger partial charge in [0.25, 0.3) is 0 Å². The number of anilines is 1. The van der Waals surface area contributed by atoms with Gasteiger partial charge in [-0.2, -0.15) is 0 Å². The van der Waals surface area contributed by atoms with Gasteiger partial charge in [0.05, 0.1) is 11.7 Å². The van der Waals surface area contributed by atoms with Gasteiger partial charge in [0.2, 0.25) is 0 Å². The number of rotatable bonds is 2. The molecular formula is C26H20N2S. The molecule has 2 N–H and O–H groups in total. The van der Waals surface area contributed by atoms with Crippen molar-refractivity contribution in [2.24, 2.45) is 0 Å². The summed E-state index contributed by atoms with van der Waals surface area (Å²) >= 11 is 1.89. The fourth-order valence-corrected chi connectivity index (χ4v) is 5.37. The summed E-state index contributed by atoms with van der Waals surface area (Å²) < 4.78 is 0. The van der Waals surface area contributed by atoms with E-state index in [0.717, 1.165) is 0 Å². The molecule has 140 valence electrons. The Labute approximate surface area is 174 Å². The SMILES string of the molecule is C1=CC2=CC=C(c3ccc4c5c(ccc4c3)SC(c3ccccc3)N5)NC2C=C1. The van der Waals surface area contributed by atoms with Crippen LogP contribution in [0.1, 0.15) is 16.5 Å². The monoisotopic (exact) mass is 392 g/mol. The van der Waals surface area contributed by atoms with Gasteiger partial charge in [0.15, 0.2) is 0 Å². The van der Waals surface area contributed by atoms with E-state index in [9.17, 15) is 0 Å². The van der Waals surface area contributed by atoms with Crippen LogP contribution in [0.25, 0.3) is 16.5 Å². The maximum atomic E-state index is 3.74. The summed E-state index contributed by atoms with van der Waals surface area (Å²) in [5.41, 5.74) is 6.27. The molecule has 0 fully saturated rings. The average molecular weight is 393 g/mol. The van der Waals surface area contributed by atoms with E-state index < -0.39 is 0 Å². The summed E-state index contributed by atoms with van der Waals surface area (Å²) in [6, 6.07) is 22.2. The first-order valence-corrected chi connectivity index (χ1v) is 10.8. The van der Waals surface area contributed by atoms with Crippen LogP contribution in [0.3, 0.4) is 0 Å². The second-order valence-corrected chi connectivity index (χ2v) is 8.69. The van der Waals surface area contributed by atoms with Crippen LogP contribution < -0.4 is 10.6 Å². The zero-order valence-electron chi connectivity index (χ0n) is 15.8. The van der Waals surface area contributed by atoms with Gasteiger partial charge in [0, 0.05) is 16.0 Å². The summed E-state index contributed by atoms with van der Waals surface area (Å²) in [7, 11) is 0. The molecule has 0 saturated heterocycles. The second kappa shape index (κ2) is 6.71. The first-order valence-electron chi connectivity index (χ1n) is 9.94. The van der Waals surface area contributed by atoms with Gasteiger partial charge in [-0.3, -0.25) is 0 Å². The van der Waals surface area contributed by atoms with E-state index in [1.54, 1.807) is 0 Å². The zero-order chi connectivity index (χ0) is 19.2. The summed E-state index contributed by atoms with van der Waals surface area (Å²) in [5, 5.41) is 10.2. The molecule has 3 heteroatoms. The van der Waals surface area contributed by atoms with Gasteiger partial charge >= 0.3 is 0 Å². The Morgan fingerprint density at radius 3 is 2.69 bits per heavy atom. The van der Waals surface area contributed by atoms with Crippen LogP contribution in [-0.2, 0) is 0 Å². The molecule has 1 aliphatic carbocycles. The fraction of sp³-hybridized carbons (Fsp3) is 0.0769. The summed E-state index contributed by atoms with van der Waals surface area (Å²) in [4.78, 5) is 1.32. The quantitative estimate of drug-likeness (QED) is 0.526. The molecular weight excluding hydrogens is 372 g/mol. The molecule has 2 aliphatic heterocycles. The number of nitrogens with one attached hydrogen (secondary N) is 2. The molecule has 0 amide bonds. The molecule has 2 unspecified atom stereocenters. The molecule has 0 spiro atoms. The van der Waals surface area contributed by atoms with Crippen LogP contribution in [0.15, 0.2) is 108 Å². The van der Waals surface area contributed by atoms with E-state index in [0.29, 0.717) is 0 Å². The van der Waals surface area contributed by atoms with Gasteiger partial charge in [-0.25, -0.2) is 0 Å². The highest BCUT2D eigenvalue weighted by Gasteiger charge is 2.24. The van der Waals surface area contributed by atoms with Crippen molar-refractivity contribution >= 4 is 33.9 Å². The summed E-state index contributed by atoms with van der Waals surface area (Å²) in [5.74, 6) is 0. The number of allylic oxidation sites excluding steroid dienone is 4. The van der Waals surface area contributed by atoms with Crippen molar-refractivity contribution in [2.75, 3.05) is 5.32 Å². The predicted octanol–water partition coefficient (Wildman–Crippen LogP) is 6.42. The van der Waals surface area contributed by atoms with Crippen LogP contribution in [0, 0.1) is 0 Å². The van der Waals surface area contributed by atoms with Crippen molar-refractivity contribution in [1.82, 2.24) is 5.32 Å². The summed E-state index contributed by atoms with van der Waals surface area (Å²) in [6.45, 7) is 0. The molecule has 3 aromatic carbocycles. The maximum absolute atomic E-state index is 3.74. The molecule has 3 aromatic rings. The van der Waals surface area contributed by atoms with Crippen LogP contribution in [-0.4, -0.2) is 6.04 Å². The highest BCUT2D eigenvalue weighted by Crippen LogP contribution is 2.49. The van der Waals surface area contributed by atoms with Crippen molar-refractivity contribution in [2.45, 2.75) is 16.3 Å². The van der Waals surface area contributed by atoms with Crippen molar-refractivity contribution in [3.05, 3.63) is 114 Å². The van der Waals surface area contributed by atoms with Gasteiger partial charge < -0.3 is 10.6 Å². The van der Waals surface area contributed by atoms with E-state index in [1.165, 1.54) is 43.8 Å². The fourth-order valence-electron chi connectivity index (χ4n) is 4.21. The lowest BCUT2D eigenvalue weighted by atomic mass is 9.95. The standard InChI is InChI=1S/C26H20N2S/c1-2-7-18(8-3-1)26-28-25-21-13-10-20(16-19(21)12-15-24(25)29-26)23-14-11-17-6-4-5-9-22(17)27-23/h1-16,22,26-28H. The number of thioether (sulfide) groups is 1. The Kier molecular flexibility index (Phi) is 3.88. The van der Waals surface area contributed by atoms with E-state index in [4.69, 9.17) is 0 Å². The highest BCUT2D eigenvalue weighted by molar-refractivity contribution is 8.00. The van der Waals surface area contributed by atoms with Gasteiger partial charge in [0.1, 0.15) is 5.37 Å². The first-order chi connectivity index (χ1) is 14.3. The molecule has 3 aliphatic rings. The largest absolute Gasteiger partial charge is 0.374 e. The molecule has 2 heterocycles. The lowest BCUT2D eigenvalue weighted by Crippen LogP contribution is -2.30. The Hall–Kier alpha value is -3.17. The normalized spacial score (nSPS) is 21.7. The Balaban J connectivity index is 1.35. The maximum Gasteiger partial charge on any atom is 0.103 e. The van der Waals surface area contributed by atoms with Crippen LogP contribution in [0.2, 0.25) is 0 Å². The summed E-state index contributed by atoms with van der Waals surface area (Å²) in [6.07, 6.45) is 13.0. The van der Waals surface area contributed by atoms with Crippen LogP contribution >= 0.6 is 11.8 Å². The molecule has 0 saturated carbocycles. The number of dihydropyridines is 1. The van der Waals surface area contributed by atoms with Crippen molar-refractivity contribution < 1.29 is 0 Å². The molecule has 0 radical (unpaired) electrons. The third kappa shape index (κ3) is 2.90. The highest BCUT2D eigenvalue weighted by atomic mass is 32.2. The lowest BCUT2D eigenvalue weighted by Gasteiger charge is -2.25. The third-order valence-electron chi connectivity index (χ3n) is 5.73. The minimum Gasteiger partial charge on any atom is -0.374 e. The Bertz CT molecular complexity index is 1230. The third-order valence-corrected chi connectivity index (χ3v) is 6.95. The molecule has 0 bridgehead atoms. The topological polar surface area (TPSA) is 24.1 Å². The minimum absolute atomic E-state index is 0.264. The van der Waals surface area contributed by atoms with Crippen molar-refractivity contribution in [3.63, 3.8) is 0 Å². The van der Waals surface area contributed by atoms with Gasteiger partial charge in [-0.05, 0) is 40.3 Å². The van der Waals surface area contributed by atoms with Crippen LogP contribution in [0.5, 0.6) is 0 Å². The van der Waals surface area contributed by atoms with E-state index >= 15 is 0 Å². The second-order valence-electron chi connectivity index (χ2n) is 7.54. The van der Waals surface area contributed by atoms with Gasteiger partial charge in [-0.1, -0.05) is 90.7 Å². The van der Waals surface area contributed by atoms with Gasteiger partial charge in [-0.15, -0.1) is 0 Å². The van der Waals surface area contributed by atoms with Crippen molar-refractivity contribution in [3.8, 4) is 0 Å². The smallest absolute Gasteiger partial charge is 0.103 e. The molecule has 2 nitrogen and oxygen atoms in total. The Morgan fingerprint density at radius 1 is 0.828 bits per heavy atom. The minimum atomic E-state index is 0.264. The molecule has 2 atom stereocenters. The number of benzene rings is 3. The predicted molar refractivity (Wildman–Crippen MR) is 124 cm³/mol. The Morgan fingerprint density at radius 2 is 1.76 bits per heavy atom. The van der Waals surface area contributed by atoms with E-state index in [1.807, 2.05) is 11.8 Å². The first kappa shape index (κ1) is 16.8. The van der Waals surface area contributed by atoms with E-state index in [-0.39, 0.29) is 11.4 Å². The van der Waals surface area contributed by atoms with Crippen molar-refractivity contribution in [1.29, 1.82) is 0 Å². The van der Waals surface area contributed by atoms with Crippen LogP contribution in [0.4, 0.5) is 5.69 Å². The number of fused-ring (bicyclic) bond motifs is 4. The number of hydrogen-bond donors (Lipinski definition) is 2. The average Bonchev–Trinajstić information content (AvgIpc) is 3.24. The zero-order valence-corrected chi connectivity index (χ0v) is 16.6.